The highest BCUT2D eigenvalue weighted by molar-refractivity contribution is 5.77. The van der Waals surface area contributed by atoms with Gasteiger partial charge in [0.25, 0.3) is 5.91 Å². The number of hydrogen-bond donors (Lipinski definition) is 1. The number of ether oxygens (including phenoxy) is 1. The van der Waals surface area contributed by atoms with Crippen LogP contribution < -0.4 is 4.74 Å². The zero-order valence-electron chi connectivity index (χ0n) is 12.0. The summed E-state index contributed by atoms with van der Waals surface area (Å²) in [5.41, 5.74) is 2.07. The lowest BCUT2D eigenvalue weighted by Gasteiger charge is -2.21. The Bertz CT molecular complexity index is 398. The number of aliphatic hydroxyl groups excluding tert-OH is 1. The fourth-order valence-corrected chi connectivity index (χ4v) is 1.97. The average molecular weight is 265 g/mol. The molecule has 0 saturated heterocycles. The van der Waals surface area contributed by atoms with Gasteiger partial charge in [-0.25, -0.2) is 0 Å². The molecule has 106 valence electrons. The minimum Gasteiger partial charge on any atom is -0.483 e. The number of para-hydroxylation sites is 1. The number of benzene rings is 1. The Hall–Kier alpha value is -1.55. The van der Waals surface area contributed by atoms with Gasteiger partial charge in [0.05, 0.1) is 0 Å². The lowest BCUT2D eigenvalue weighted by molar-refractivity contribution is -0.133. The second-order valence-corrected chi connectivity index (χ2v) is 4.56. The summed E-state index contributed by atoms with van der Waals surface area (Å²) in [6, 6.07) is 5.91. The lowest BCUT2D eigenvalue weighted by atomic mass is 10.1. The second-order valence-electron chi connectivity index (χ2n) is 4.56. The van der Waals surface area contributed by atoms with E-state index in [-0.39, 0.29) is 19.1 Å². The van der Waals surface area contributed by atoms with Gasteiger partial charge in [0, 0.05) is 19.7 Å². The molecule has 0 heterocycles. The Balaban J connectivity index is 2.57. The minimum absolute atomic E-state index is 0.0430. The quantitative estimate of drug-likeness (QED) is 0.819. The number of rotatable bonds is 7. The van der Waals surface area contributed by atoms with Gasteiger partial charge in [-0.1, -0.05) is 18.2 Å². The van der Waals surface area contributed by atoms with Crippen LogP contribution in [-0.2, 0) is 4.79 Å². The maximum Gasteiger partial charge on any atom is 0.260 e. The molecule has 0 aliphatic rings. The third kappa shape index (κ3) is 4.56. The first-order chi connectivity index (χ1) is 9.10. The smallest absolute Gasteiger partial charge is 0.260 e. The zero-order valence-corrected chi connectivity index (χ0v) is 12.0. The molecule has 0 spiro atoms. The molecule has 19 heavy (non-hydrogen) atoms. The maximum atomic E-state index is 12.0. The second kappa shape index (κ2) is 7.79. The maximum absolute atomic E-state index is 12.0. The molecule has 0 aromatic heterocycles. The van der Waals surface area contributed by atoms with Crippen molar-refractivity contribution in [3.8, 4) is 5.75 Å². The third-order valence-electron chi connectivity index (χ3n) is 3.07. The monoisotopic (exact) mass is 265 g/mol. The van der Waals surface area contributed by atoms with E-state index in [0.717, 1.165) is 16.9 Å². The van der Waals surface area contributed by atoms with Crippen LogP contribution in [0.3, 0.4) is 0 Å². The molecule has 4 nitrogen and oxygen atoms in total. The van der Waals surface area contributed by atoms with Crippen molar-refractivity contribution in [2.24, 2.45) is 0 Å². The highest BCUT2D eigenvalue weighted by Gasteiger charge is 2.13. The summed E-state index contributed by atoms with van der Waals surface area (Å²) in [6.07, 6.45) is 0.600. The topological polar surface area (TPSA) is 49.8 Å². The first kappa shape index (κ1) is 15.5. The molecule has 0 radical (unpaired) electrons. The Morgan fingerprint density at radius 2 is 1.95 bits per heavy atom. The van der Waals surface area contributed by atoms with Crippen LogP contribution in [0.25, 0.3) is 0 Å². The molecule has 0 unspecified atom stereocenters. The van der Waals surface area contributed by atoms with Crippen LogP contribution in [0.5, 0.6) is 5.75 Å². The van der Waals surface area contributed by atoms with Crippen molar-refractivity contribution in [1.82, 2.24) is 4.90 Å². The van der Waals surface area contributed by atoms with Crippen molar-refractivity contribution in [3.05, 3.63) is 29.3 Å². The van der Waals surface area contributed by atoms with Gasteiger partial charge in [0.2, 0.25) is 0 Å². The molecule has 0 saturated carbocycles. The van der Waals surface area contributed by atoms with Crippen molar-refractivity contribution in [2.75, 3.05) is 26.3 Å². The summed E-state index contributed by atoms with van der Waals surface area (Å²) in [4.78, 5) is 13.7. The summed E-state index contributed by atoms with van der Waals surface area (Å²) in [6.45, 7) is 7.21. The summed E-state index contributed by atoms with van der Waals surface area (Å²) in [5, 5.41) is 8.80. The van der Waals surface area contributed by atoms with E-state index < -0.39 is 0 Å². The van der Waals surface area contributed by atoms with E-state index in [4.69, 9.17) is 9.84 Å². The molecule has 0 aliphatic carbocycles. The largest absolute Gasteiger partial charge is 0.483 e. The van der Waals surface area contributed by atoms with Crippen molar-refractivity contribution in [3.63, 3.8) is 0 Å². The van der Waals surface area contributed by atoms with Crippen LogP contribution in [0.1, 0.15) is 24.5 Å². The number of hydrogen-bond acceptors (Lipinski definition) is 3. The van der Waals surface area contributed by atoms with Gasteiger partial charge in [-0.2, -0.15) is 0 Å². The molecule has 4 heteroatoms. The fourth-order valence-electron chi connectivity index (χ4n) is 1.97. The van der Waals surface area contributed by atoms with Crippen LogP contribution in [0, 0.1) is 13.8 Å². The number of aliphatic hydroxyl groups is 1. The molecule has 0 bridgehead atoms. The first-order valence-corrected chi connectivity index (χ1v) is 6.67. The van der Waals surface area contributed by atoms with Gasteiger partial charge in [0.1, 0.15) is 5.75 Å². The molecule has 1 aromatic rings. The molecule has 1 N–H and O–H groups in total. The van der Waals surface area contributed by atoms with E-state index >= 15 is 0 Å². The summed E-state index contributed by atoms with van der Waals surface area (Å²) in [7, 11) is 0. The standard InChI is InChI=1S/C15H23NO3/c1-4-16(9-6-10-17)14(18)11-19-15-12(2)7-5-8-13(15)3/h5,7-8,17H,4,6,9-11H2,1-3H3. The van der Waals surface area contributed by atoms with E-state index in [9.17, 15) is 4.79 Å². The molecular formula is C15H23NO3. The average Bonchev–Trinajstić information content (AvgIpc) is 2.39. The van der Waals surface area contributed by atoms with Gasteiger partial charge in [-0.15, -0.1) is 0 Å². The summed E-state index contributed by atoms with van der Waals surface area (Å²) >= 11 is 0. The van der Waals surface area contributed by atoms with Gasteiger partial charge >= 0.3 is 0 Å². The number of amides is 1. The van der Waals surface area contributed by atoms with E-state index in [2.05, 4.69) is 0 Å². The number of likely N-dealkylation sites (N-methyl/N-ethyl adjacent to an activating group) is 1. The SMILES string of the molecule is CCN(CCCO)C(=O)COc1c(C)cccc1C. The molecule has 1 aromatic carbocycles. The normalized spacial score (nSPS) is 10.3. The summed E-state index contributed by atoms with van der Waals surface area (Å²) in [5.74, 6) is 0.743. The Labute approximate surface area is 115 Å². The van der Waals surface area contributed by atoms with Crippen molar-refractivity contribution in [1.29, 1.82) is 0 Å². The van der Waals surface area contributed by atoms with Gasteiger partial charge in [0.15, 0.2) is 6.61 Å². The Kier molecular flexibility index (Phi) is 6.36. The molecule has 0 aliphatic heterocycles. The number of aryl methyl sites for hydroxylation is 2. The predicted molar refractivity (Wildman–Crippen MR) is 75.4 cm³/mol. The molecule has 0 atom stereocenters. The van der Waals surface area contributed by atoms with Crippen molar-refractivity contribution in [2.45, 2.75) is 27.2 Å². The third-order valence-corrected chi connectivity index (χ3v) is 3.07. The number of carbonyl (C=O) groups is 1. The zero-order chi connectivity index (χ0) is 14.3. The van der Waals surface area contributed by atoms with Crippen LogP contribution in [0.4, 0.5) is 0 Å². The van der Waals surface area contributed by atoms with Crippen LogP contribution in [-0.4, -0.2) is 42.2 Å². The van der Waals surface area contributed by atoms with E-state index in [1.54, 1.807) is 4.90 Å². The first-order valence-electron chi connectivity index (χ1n) is 6.67. The number of carbonyl (C=O) groups excluding carboxylic acids is 1. The van der Waals surface area contributed by atoms with Crippen LogP contribution >= 0.6 is 0 Å². The Morgan fingerprint density at radius 3 is 2.47 bits per heavy atom. The Morgan fingerprint density at radius 1 is 1.32 bits per heavy atom. The van der Waals surface area contributed by atoms with E-state index in [1.165, 1.54) is 0 Å². The van der Waals surface area contributed by atoms with Crippen LogP contribution in [0.15, 0.2) is 18.2 Å². The van der Waals surface area contributed by atoms with Crippen LogP contribution in [0.2, 0.25) is 0 Å². The van der Waals surface area contributed by atoms with Crippen molar-refractivity contribution < 1.29 is 14.6 Å². The highest BCUT2D eigenvalue weighted by atomic mass is 16.5. The fraction of sp³-hybridized carbons (Fsp3) is 0.533. The van der Waals surface area contributed by atoms with Gasteiger partial charge in [-0.3, -0.25) is 4.79 Å². The molecule has 1 amide bonds. The number of nitrogens with zero attached hydrogens (tertiary/aromatic N) is 1. The van der Waals surface area contributed by atoms with Crippen molar-refractivity contribution >= 4 is 5.91 Å². The van der Waals surface area contributed by atoms with Gasteiger partial charge < -0.3 is 14.7 Å². The highest BCUT2D eigenvalue weighted by Crippen LogP contribution is 2.22. The van der Waals surface area contributed by atoms with Gasteiger partial charge in [-0.05, 0) is 38.3 Å². The predicted octanol–water partition coefficient (Wildman–Crippen LogP) is 1.91. The molecule has 0 fully saturated rings. The molecular weight excluding hydrogens is 242 g/mol. The lowest BCUT2D eigenvalue weighted by Crippen LogP contribution is -2.36. The van der Waals surface area contributed by atoms with E-state index in [1.807, 2.05) is 39.0 Å². The van der Waals surface area contributed by atoms with E-state index in [0.29, 0.717) is 19.5 Å². The minimum atomic E-state index is -0.0430. The molecule has 1 rings (SSSR count). The summed E-state index contributed by atoms with van der Waals surface area (Å²) < 4.78 is 5.64.